The summed E-state index contributed by atoms with van der Waals surface area (Å²) in [4.78, 5) is 29.4. The lowest BCUT2D eigenvalue weighted by Crippen LogP contribution is -2.19. The van der Waals surface area contributed by atoms with E-state index in [0.29, 0.717) is 22.0 Å². The SMILES string of the molecule is CNc1ccc(C(=O)Nc2cc(O)c(C)cc2C(=O)Nc2ccc(Cl)cn2)cc1. The van der Waals surface area contributed by atoms with Crippen LogP contribution in [0.5, 0.6) is 5.75 Å². The molecule has 0 bridgehead atoms. The lowest BCUT2D eigenvalue weighted by molar-refractivity contribution is 0.102. The van der Waals surface area contributed by atoms with Gasteiger partial charge in [0, 0.05) is 30.6 Å². The fraction of sp³-hybridized carbons (Fsp3) is 0.0952. The highest BCUT2D eigenvalue weighted by molar-refractivity contribution is 6.30. The first kappa shape index (κ1) is 20.2. The fourth-order valence-corrected chi connectivity index (χ4v) is 2.72. The molecule has 1 heterocycles. The van der Waals surface area contributed by atoms with Crippen molar-refractivity contribution in [3.63, 3.8) is 0 Å². The van der Waals surface area contributed by atoms with Crippen LogP contribution in [0.2, 0.25) is 5.02 Å². The molecule has 29 heavy (non-hydrogen) atoms. The third-order valence-corrected chi connectivity index (χ3v) is 4.46. The van der Waals surface area contributed by atoms with Gasteiger partial charge in [0.25, 0.3) is 11.8 Å². The number of anilines is 3. The molecule has 2 amide bonds. The lowest BCUT2D eigenvalue weighted by atomic mass is 10.1. The number of aromatic nitrogens is 1. The van der Waals surface area contributed by atoms with Crippen molar-refractivity contribution in [3.8, 4) is 5.75 Å². The number of hydrogen-bond acceptors (Lipinski definition) is 5. The zero-order chi connectivity index (χ0) is 21.0. The van der Waals surface area contributed by atoms with Gasteiger partial charge in [-0.05, 0) is 55.0 Å². The normalized spacial score (nSPS) is 10.3. The molecule has 8 heteroatoms. The second-order valence-electron chi connectivity index (χ2n) is 6.28. The number of carbonyl (C=O) groups is 2. The van der Waals surface area contributed by atoms with Crippen molar-refractivity contribution < 1.29 is 14.7 Å². The number of pyridine rings is 1. The maximum absolute atomic E-state index is 12.8. The number of aromatic hydroxyl groups is 1. The molecule has 0 atom stereocenters. The predicted octanol–water partition coefficient (Wildman–Crippen LogP) is 4.30. The maximum atomic E-state index is 12.8. The molecular formula is C21H19ClN4O3. The number of carbonyl (C=O) groups excluding carboxylic acids is 2. The second-order valence-corrected chi connectivity index (χ2v) is 6.72. The number of phenolic OH excluding ortho intramolecular Hbond substituents is 1. The van der Waals surface area contributed by atoms with Gasteiger partial charge in [0.15, 0.2) is 0 Å². The molecule has 0 radical (unpaired) electrons. The number of halogens is 1. The van der Waals surface area contributed by atoms with Crippen molar-refractivity contribution in [2.45, 2.75) is 6.92 Å². The minimum Gasteiger partial charge on any atom is -0.508 e. The van der Waals surface area contributed by atoms with Crippen LogP contribution in [0.4, 0.5) is 17.2 Å². The van der Waals surface area contributed by atoms with Crippen LogP contribution in [0.15, 0.2) is 54.7 Å². The highest BCUT2D eigenvalue weighted by atomic mass is 35.5. The van der Waals surface area contributed by atoms with Gasteiger partial charge in [-0.25, -0.2) is 4.98 Å². The van der Waals surface area contributed by atoms with Gasteiger partial charge in [-0.1, -0.05) is 11.6 Å². The van der Waals surface area contributed by atoms with Crippen LogP contribution in [0.25, 0.3) is 0 Å². The molecule has 2 aromatic carbocycles. The maximum Gasteiger partial charge on any atom is 0.258 e. The molecule has 148 valence electrons. The van der Waals surface area contributed by atoms with Crippen molar-refractivity contribution in [3.05, 3.63) is 76.4 Å². The Morgan fingerprint density at radius 2 is 1.72 bits per heavy atom. The highest BCUT2D eigenvalue weighted by Gasteiger charge is 2.17. The Labute approximate surface area is 172 Å². The van der Waals surface area contributed by atoms with Crippen LogP contribution in [0.3, 0.4) is 0 Å². The van der Waals surface area contributed by atoms with E-state index in [2.05, 4.69) is 20.9 Å². The van der Waals surface area contributed by atoms with Crippen LogP contribution in [-0.2, 0) is 0 Å². The minimum absolute atomic E-state index is 0.0352. The van der Waals surface area contributed by atoms with E-state index < -0.39 is 11.8 Å². The summed E-state index contributed by atoms with van der Waals surface area (Å²) < 4.78 is 0. The Morgan fingerprint density at radius 1 is 1.00 bits per heavy atom. The van der Waals surface area contributed by atoms with E-state index in [1.54, 1.807) is 50.4 Å². The van der Waals surface area contributed by atoms with E-state index >= 15 is 0 Å². The van der Waals surface area contributed by atoms with Gasteiger partial charge in [-0.15, -0.1) is 0 Å². The number of rotatable bonds is 5. The summed E-state index contributed by atoms with van der Waals surface area (Å²) in [6.45, 7) is 1.66. The van der Waals surface area contributed by atoms with Crippen LogP contribution in [0.1, 0.15) is 26.3 Å². The van der Waals surface area contributed by atoms with Crippen molar-refractivity contribution >= 4 is 40.6 Å². The number of aryl methyl sites for hydroxylation is 1. The molecule has 0 aliphatic rings. The summed E-state index contributed by atoms with van der Waals surface area (Å²) in [6.07, 6.45) is 1.41. The van der Waals surface area contributed by atoms with E-state index in [1.165, 1.54) is 18.3 Å². The predicted molar refractivity (Wildman–Crippen MR) is 114 cm³/mol. The lowest BCUT2D eigenvalue weighted by Gasteiger charge is -2.14. The first-order chi connectivity index (χ1) is 13.9. The van der Waals surface area contributed by atoms with Crippen molar-refractivity contribution in [2.75, 3.05) is 23.0 Å². The van der Waals surface area contributed by atoms with Crippen LogP contribution >= 0.6 is 11.6 Å². The van der Waals surface area contributed by atoms with Crippen LogP contribution < -0.4 is 16.0 Å². The summed E-state index contributed by atoms with van der Waals surface area (Å²) in [5.74, 6) is -0.615. The number of amides is 2. The zero-order valence-electron chi connectivity index (χ0n) is 15.8. The summed E-state index contributed by atoms with van der Waals surface area (Å²) in [7, 11) is 1.78. The molecule has 0 unspecified atom stereocenters. The number of nitrogens with one attached hydrogen (secondary N) is 3. The van der Waals surface area contributed by atoms with Gasteiger partial charge >= 0.3 is 0 Å². The topological polar surface area (TPSA) is 103 Å². The Morgan fingerprint density at radius 3 is 2.34 bits per heavy atom. The van der Waals surface area contributed by atoms with E-state index in [4.69, 9.17) is 11.6 Å². The number of nitrogens with zero attached hydrogens (tertiary/aromatic N) is 1. The third-order valence-electron chi connectivity index (χ3n) is 4.23. The van der Waals surface area contributed by atoms with Gasteiger partial charge in [0.2, 0.25) is 0 Å². The molecule has 4 N–H and O–H groups in total. The van der Waals surface area contributed by atoms with Gasteiger partial charge in [-0.3, -0.25) is 9.59 Å². The molecule has 0 fully saturated rings. The number of hydrogen-bond donors (Lipinski definition) is 4. The van der Waals surface area contributed by atoms with Crippen molar-refractivity contribution in [1.29, 1.82) is 0 Å². The summed E-state index contributed by atoms with van der Waals surface area (Å²) >= 11 is 5.81. The minimum atomic E-state index is -0.483. The molecule has 0 aliphatic carbocycles. The molecule has 1 aromatic heterocycles. The van der Waals surface area contributed by atoms with Gasteiger partial charge < -0.3 is 21.1 Å². The van der Waals surface area contributed by atoms with Crippen LogP contribution in [-0.4, -0.2) is 29.0 Å². The van der Waals surface area contributed by atoms with Gasteiger partial charge in [0.1, 0.15) is 11.6 Å². The van der Waals surface area contributed by atoms with E-state index in [0.717, 1.165) is 5.69 Å². The molecule has 0 aliphatic heterocycles. The van der Waals surface area contributed by atoms with Gasteiger partial charge in [-0.2, -0.15) is 0 Å². The first-order valence-corrected chi connectivity index (χ1v) is 9.11. The third kappa shape index (κ3) is 4.83. The largest absolute Gasteiger partial charge is 0.508 e. The highest BCUT2D eigenvalue weighted by Crippen LogP contribution is 2.27. The molecule has 3 rings (SSSR count). The molecule has 0 saturated heterocycles. The Hall–Kier alpha value is -3.58. The Balaban J connectivity index is 1.87. The average molecular weight is 411 g/mol. The monoisotopic (exact) mass is 410 g/mol. The number of phenols is 1. The molecule has 0 saturated carbocycles. The molecule has 7 nitrogen and oxygen atoms in total. The zero-order valence-corrected chi connectivity index (χ0v) is 16.5. The Bertz CT molecular complexity index is 1050. The van der Waals surface area contributed by atoms with Crippen LogP contribution in [0, 0.1) is 6.92 Å². The quantitative estimate of drug-likeness (QED) is 0.502. The summed E-state index contributed by atoms with van der Waals surface area (Å²) in [5, 5.41) is 18.8. The van der Waals surface area contributed by atoms with Gasteiger partial charge in [0.05, 0.1) is 16.3 Å². The van der Waals surface area contributed by atoms with E-state index in [9.17, 15) is 14.7 Å². The first-order valence-electron chi connectivity index (χ1n) is 8.73. The Kier molecular flexibility index (Phi) is 5.99. The number of benzene rings is 2. The average Bonchev–Trinajstić information content (AvgIpc) is 2.72. The molecule has 3 aromatic rings. The van der Waals surface area contributed by atoms with E-state index in [1.807, 2.05) is 0 Å². The standard InChI is InChI=1S/C21H19ClN4O3/c1-12-9-16(21(29)26-19-8-5-14(22)11-24-19)17(10-18(12)27)25-20(28)13-3-6-15(23-2)7-4-13/h3-11,23,27H,1-2H3,(H,25,28)(H,24,26,29). The van der Waals surface area contributed by atoms with Crippen molar-refractivity contribution in [1.82, 2.24) is 4.98 Å². The second kappa shape index (κ2) is 8.62. The van der Waals surface area contributed by atoms with Crippen molar-refractivity contribution in [2.24, 2.45) is 0 Å². The fourth-order valence-electron chi connectivity index (χ4n) is 2.60. The summed E-state index contributed by atoms with van der Waals surface area (Å²) in [6, 6.07) is 12.9. The smallest absolute Gasteiger partial charge is 0.258 e. The molecular weight excluding hydrogens is 392 g/mol. The molecule has 0 spiro atoms. The summed E-state index contributed by atoms with van der Waals surface area (Å²) in [5.41, 5.74) is 2.15. The van der Waals surface area contributed by atoms with E-state index in [-0.39, 0.29) is 17.0 Å².